The van der Waals surface area contributed by atoms with Crippen LogP contribution in [-0.4, -0.2) is 18.1 Å². The van der Waals surface area contributed by atoms with Gasteiger partial charge in [-0.2, -0.15) is 0 Å². The number of esters is 1. The summed E-state index contributed by atoms with van der Waals surface area (Å²) in [5.41, 5.74) is 0.687. The fraction of sp³-hybridized carbons (Fsp3) is 0.231. The lowest BCUT2D eigenvalue weighted by Crippen LogP contribution is -1.99. The van der Waals surface area contributed by atoms with Crippen LogP contribution in [0.1, 0.15) is 20.4 Å². The van der Waals surface area contributed by atoms with Gasteiger partial charge < -0.3 is 4.74 Å². The van der Waals surface area contributed by atoms with Crippen LogP contribution in [0.15, 0.2) is 29.2 Å². The van der Waals surface area contributed by atoms with Gasteiger partial charge in [0.25, 0.3) is 0 Å². The summed E-state index contributed by atoms with van der Waals surface area (Å²) in [5, 5.41) is 0.854. The normalized spacial score (nSPS) is 10.5. The minimum absolute atomic E-state index is 0.248. The van der Waals surface area contributed by atoms with Crippen molar-refractivity contribution in [3.8, 4) is 0 Å². The Labute approximate surface area is 118 Å². The fourth-order valence-electron chi connectivity index (χ4n) is 1.47. The summed E-state index contributed by atoms with van der Waals surface area (Å²) in [6.07, 6.45) is 0. The van der Waals surface area contributed by atoms with Crippen molar-refractivity contribution in [1.29, 1.82) is 0 Å². The number of hydrogen-bond acceptors (Lipinski definition) is 5. The van der Waals surface area contributed by atoms with Crippen LogP contribution in [-0.2, 0) is 10.5 Å². The smallest absolute Gasteiger partial charge is 0.349 e. The molecule has 0 saturated heterocycles. The Balaban J connectivity index is 2.04. The van der Waals surface area contributed by atoms with E-state index >= 15 is 0 Å². The number of methoxy groups -OCH3 is 1. The Kier molecular flexibility index (Phi) is 4.55. The molecule has 0 fully saturated rings. The minimum atomic E-state index is -0.354. The second kappa shape index (κ2) is 6.16. The summed E-state index contributed by atoms with van der Waals surface area (Å²) < 4.78 is 17.5. The average Bonchev–Trinajstić information content (AvgIpc) is 2.78. The maximum atomic E-state index is 12.8. The van der Waals surface area contributed by atoms with E-state index in [0.717, 1.165) is 9.90 Å². The Morgan fingerprint density at radius 2 is 2.11 bits per heavy atom. The van der Waals surface area contributed by atoms with Crippen LogP contribution in [0, 0.1) is 12.7 Å². The van der Waals surface area contributed by atoms with Gasteiger partial charge in [0.2, 0.25) is 0 Å². The molecule has 0 aliphatic rings. The fourth-order valence-corrected chi connectivity index (χ4v) is 3.35. The molecule has 0 bridgehead atoms. The van der Waals surface area contributed by atoms with Crippen molar-refractivity contribution >= 4 is 29.1 Å². The second-order valence-electron chi connectivity index (χ2n) is 3.76. The molecular formula is C13H12FNO2S2. The van der Waals surface area contributed by atoms with E-state index in [1.54, 1.807) is 30.8 Å². The largest absolute Gasteiger partial charge is 0.465 e. The molecule has 0 amide bonds. The summed E-state index contributed by atoms with van der Waals surface area (Å²) in [5.74, 6) is 0.0455. The highest BCUT2D eigenvalue weighted by Gasteiger charge is 2.15. The molecule has 3 nitrogen and oxygen atoms in total. The number of nitrogens with zero attached hydrogens (tertiary/aromatic N) is 1. The Hall–Kier alpha value is -1.40. The Morgan fingerprint density at radius 1 is 1.42 bits per heavy atom. The summed E-state index contributed by atoms with van der Waals surface area (Å²) in [4.78, 5) is 17.3. The first-order valence-electron chi connectivity index (χ1n) is 5.53. The van der Waals surface area contributed by atoms with E-state index in [9.17, 15) is 9.18 Å². The number of aryl methyl sites for hydroxylation is 1. The predicted molar refractivity (Wildman–Crippen MR) is 74.2 cm³/mol. The SMILES string of the molecule is COC(=O)c1sc(CSc2ccc(F)cc2)nc1C. The number of ether oxygens (including phenoxy) is 1. The van der Waals surface area contributed by atoms with Crippen molar-refractivity contribution in [2.45, 2.75) is 17.6 Å². The third kappa shape index (κ3) is 3.54. The molecule has 1 aromatic heterocycles. The highest BCUT2D eigenvalue weighted by Crippen LogP contribution is 2.27. The second-order valence-corrected chi connectivity index (χ2v) is 5.89. The van der Waals surface area contributed by atoms with Crippen molar-refractivity contribution in [1.82, 2.24) is 4.98 Å². The molecule has 2 aromatic rings. The molecule has 100 valence electrons. The van der Waals surface area contributed by atoms with E-state index < -0.39 is 0 Å². The van der Waals surface area contributed by atoms with Crippen molar-refractivity contribution in [3.05, 3.63) is 45.7 Å². The number of benzene rings is 1. The number of carbonyl (C=O) groups excluding carboxylic acids is 1. The molecule has 6 heteroatoms. The van der Waals surface area contributed by atoms with Gasteiger partial charge in [-0.3, -0.25) is 0 Å². The maximum absolute atomic E-state index is 12.8. The van der Waals surface area contributed by atoms with Gasteiger partial charge in [-0.05, 0) is 31.2 Å². The van der Waals surface area contributed by atoms with E-state index in [0.29, 0.717) is 16.3 Å². The van der Waals surface area contributed by atoms with Crippen LogP contribution in [0.4, 0.5) is 4.39 Å². The molecule has 0 saturated carbocycles. The van der Waals surface area contributed by atoms with Gasteiger partial charge in [0, 0.05) is 4.90 Å². The van der Waals surface area contributed by atoms with Crippen LogP contribution >= 0.6 is 23.1 Å². The molecular weight excluding hydrogens is 285 g/mol. The van der Waals surface area contributed by atoms with Gasteiger partial charge in [0.1, 0.15) is 15.7 Å². The number of aromatic nitrogens is 1. The molecule has 0 spiro atoms. The summed E-state index contributed by atoms with van der Waals surface area (Å²) in [6, 6.07) is 6.30. The minimum Gasteiger partial charge on any atom is -0.465 e. The lowest BCUT2D eigenvalue weighted by Gasteiger charge is -1.98. The third-order valence-corrected chi connectivity index (χ3v) is 4.73. The molecule has 0 radical (unpaired) electrons. The van der Waals surface area contributed by atoms with E-state index in [2.05, 4.69) is 9.72 Å². The molecule has 19 heavy (non-hydrogen) atoms. The van der Waals surface area contributed by atoms with Gasteiger partial charge >= 0.3 is 5.97 Å². The maximum Gasteiger partial charge on any atom is 0.349 e. The Morgan fingerprint density at radius 3 is 2.74 bits per heavy atom. The van der Waals surface area contributed by atoms with Gasteiger partial charge in [-0.25, -0.2) is 14.2 Å². The first-order chi connectivity index (χ1) is 9.10. The quantitative estimate of drug-likeness (QED) is 0.637. The van der Waals surface area contributed by atoms with E-state index in [-0.39, 0.29) is 11.8 Å². The number of carbonyl (C=O) groups is 1. The first kappa shape index (κ1) is 14.0. The first-order valence-corrected chi connectivity index (χ1v) is 7.33. The van der Waals surface area contributed by atoms with Crippen molar-refractivity contribution in [2.24, 2.45) is 0 Å². The van der Waals surface area contributed by atoms with Gasteiger partial charge in [0.15, 0.2) is 0 Å². The van der Waals surface area contributed by atoms with E-state index in [1.807, 2.05) is 0 Å². The van der Waals surface area contributed by atoms with Crippen molar-refractivity contribution in [3.63, 3.8) is 0 Å². The van der Waals surface area contributed by atoms with Crippen LogP contribution in [0.25, 0.3) is 0 Å². The highest BCUT2D eigenvalue weighted by molar-refractivity contribution is 7.98. The molecule has 0 aliphatic carbocycles. The third-order valence-electron chi connectivity index (χ3n) is 2.39. The van der Waals surface area contributed by atoms with Gasteiger partial charge in [-0.1, -0.05) is 0 Å². The number of hydrogen-bond donors (Lipinski definition) is 0. The topological polar surface area (TPSA) is 39.2 Å². The highest BCUT2D eigenvalue weighted by atomic mass is 32.2. The number of rotatable bonds is 4. The predicted octanol–water partition coefficient (Wildman–Crippen LogP) is 3.67. The van der Waals surface area contributed by atoms with Crippen LogP contribution < -0.4 is 0 Å². The number of thioether (sulfide) groups is 1. The molecule has 0 atom stereocenters. The van der Waals surface area contributed by atoms with Crippen molar-refractivity contribution < 1.29 is 13.9 Å². The van der Waals surface area contributed by atoms with Gasteiger partial charge in [0.05, 0.1) is 18.6 Å². The monoisotopic (exact) mass is 297 g/mol. The molecule has 1 aromatic carbocycles. The van der Waals surface area contributed by atoms with E-state index in [4.69, 9.17) is 0 Å². The molecule has 2 rings (SSSR count). The van der Waals surface area contributed by atoms with Crippen LogP contribution in [0.3, 0.4) is 0 Å². The summed E-state index contributed by atoms with van der Waals surface area (Å²) in [6.45, 7) is 1.79. The zero-order chi connectivity index (χ0) is 13.8. The standard InChI is InChI=1S/C13H12FNO2S2/c1-8-12(13(16)17-2)19-11(15-8)7-18-10-5-3-9(14)4-6-10/h3-6H,7H2,1-2H3. The molecule has 0 N–H and O–H groups in total. The van der Waals surface area contributed by atoms with Crippen LogP contribution in [0.2, 0.25) is 0 Å². The zero-order valence-corrected chi connectivity index (χ0v) is 12.1. The zero-order valence-electron chi connectivity index (χ0n) is 10.5. The van der Waals surface area contributed by atoms with Gasteiger partial charge in [-0.15, -0.1) is 23.1 Å². The lowest BCUT2D eigenvalue weighted by atomic mass is 10.4. The molecule has 0 unspecified atom stereocenters. The average molecular weight is 297 g/mol. The summed E-state index contributed by atoms with van der Waals surface area (Å²) >= 11 is 2.89. The van der Waals surface area contributed by atoms with Crippen molar-refractivity contribution in [2.75, 3.05) is 7.11 Å². The lowest BCUT2D eigenvalue weighted by molar-refractivity contribution is 0.0605. The molecule has 0 aliphatic heterocycles. The Bertz CT molecular complexity index is 581. The number of thiazole rings is 1. The number of halogens is 1. The molecule has 1 heterocycles. The van der Waals surface area contributed by atoms with E-state index in [1.165, 1.54) is 30.6 Å². The summed E-state index contributed by atoms with van der Waals surface area (Å²) in [7, 11) is 1.36. The van der Waals surface area contributed by atoms with Crippen LogP contribution in [0.5, 0.6) is 0 Å².